The maximum absolute atomic E-state index is 14.2. The van der Waals surface area contributed by atoms with Crippen molar-refractivity contribution in [1.29, 1.82) is 0 Å². The molecular weight excluding hydrogens is 489 g/mol. The van der Waals surface area contributed by atoms with E-state index in [2.05, 4.69) is 4.57 Å². The second-order valence-corrected chi connectivity index (χ2v) is 9.77. The van der Waals surface area contributed by atoms with E-state index in [-0.39, 0.29) is 18.1 Å². The molecule has 0 radical (unpaired) electrons. The first-order valence-electron chi connectivity index (χ1n) is 12.4. The molecule has 0 N–H and O–H groups in total. The number of rotatable bonds is 6. The van der Waals surface area contributed by atoms with Crippen LogP contribution in [0.15, 0.2) is 72.8 Å². The Morgan fingerprint density at radius 1 is 1.03 bits per heavy atom. The monoisotopic (exact) mass is 513 g/mol. The number of para-hydroxylation sites is 1. The molecule has 7 heteroatoms. The number of benzene rings is 3. The Morgan fingerprint density at radius 2 is 1.78 bits per heavy atom. The van der Waals surface area contributed by atoms with E-state index in [0.29, 0.717) is 22.1 Å². The fourth-order valence-electron chi connectivity index (χ4n) is 5.21. The average molecular weight is 514 g/mol. The molecule has 0 atom stereocenters. The molecule has 0 amide bonds. The highest BCUT2D eigenvalue weighted by Crippen LogP contribution is 2.38. The van der Waals surface area contributed by atoms with Crippen LogP contribution in [0.2, 0.25) is 5.02 Å². The van der Waals surface area contributed by atoms with E-state index in [1.807, 2.05) is 55.5 Å². The van der Waals surface area contributed by atoms with E-state index in [1.54, 1.807) is 22.7 Å². The number of ketones is 1. The van der Waals surface area contributed by atoms with Crippen molar-refractivity contribution >= 4 is 23.0 Å². The number of hydrogen-bond acceptors (Lipinski definition) is 3. The lowest BCUT2D eigenvalue weighted by Gasteiger charge is -2.10. The maximum Gasteiger partial charge on any atom is 0.212 e. The van der Waals surface area contributed by atoms with Crippen LogP contribution in [0.4, 0.5) is 4.39 Å². The second kappa shape index (κ2) is 9.52. The van der Waals surface area contributed by atoms with Gasteiger partial charge in [0.05, 0.1) is 0 Å². The van der Waals surface area contributed by atoms with Gasteiger partial charge in [-0.1, -0.05) is 60.1 Å². The zero-order valence-electron chi connectivity index (χ0n) is 20.4. The fraction of sp³-hybridized carbons (Fsp3) is 0.200. The topological polar surface area (TPSA) is 48.5 Å². The summed E-state index contributed by atoms with van der Waals surface area (Å²) < 4.78 is 23.9. The molecule has 186 valence electrons. The van der Waals surface area contributed by atoms with Crippen molar-refractivity contribution in [3.8, 4) is 16.9 Å². The molecule has 6 rings (SSSR count). The van der Waals surface area contributed by atoms with E-state index in [0.717, 1.165) is 53.7 Å². The number of ether oxygens (including phenoxy) is 1. The highest BCUT2D eigenvalue weighted by Gasteiger charge is 2.31. The Bertz CT molecular complexity index is 1640. The van der Waals surface area contributed by atoms with Crippen LogP contribution >= 0.6 is 11.6 Å². The van der Waals surface area contributed by atoms with Crippen molar-refractivity contribution in [2.24, 2.45) is 0 Å². The Morgan fingerprint density at radius 3 is 2.57 bits per heavy atom. The fourth-order valence-corrected chi connectivity index (χ4v) is 5.33. The smallest absolute Gasteiger partial charge is 0.212 e. The standard InChI is InChI=1S/C30H25ClFN3O2/c1-19-8-2-3-9-22(19)29(36)28-27(20-13-15-21(31)16-14-20)23-10-6-7-17-34-26(33-35(28)30(23)34)18-37-25-12-5-4-11-24(25)32/h2-5,8-9,11-16H,6-7,10,17-18H2,1H3. The van der Waals surface area contributed by atoms with Gasteiger partial charge in [-0.05, 0) is 61.6 Å². The Labute approximate surface area is 219 Å². The summed E-state index contributed by atoms with van der Waals surface area (Å²) in [4.78, 5) is 14.1. The SMILES string of the molecule is Cc1ccccc1C(=O)c1c(-c2ccc(Cl)cc2)c2c3n(c(COc4ccccc4F)nn13)CCCC2. The minimum atomic E-state index is -0.419. The van der Waals surface area contributed by atoms with Crippen molar-refractivity contribution in [2.75, 3.05) is 0 Å². The molecule has 5 nitrogen and oxygen atoms in total. The Hall–Kier alpha value is -3.90. The van der Waals surface area contributed by atoms with Crippen LogP contribution in [0.3, 0.4) is 0 Å². The number of carbonyl (C=O) groups is 1. The maximum atomic E-state index is 14.2. The van der Waals surface area contributed by atoms with E-state index < -0.39 is 5.82 Å². The largest absolute Gasteiger partial charge is 0.483 e. The summed E-state index contributed by atoms with van der Waals surface area (Å²) in [6, 6.07) is 21.5. The van der Waals surface area contributed by atoms with Crippen LogP contribution in [0, 0.1) is 12.7 Å². The summed E-state index contributed by atoms with van der Waals surface area (Å²) in [5, 5.41) is 5.54. The molecule has 0 aliphatic carbocycles. The number of nitrogens with zero attached hydrogens (tertiary/aromatic N) is 3. The lowest BCUT2D eigenvalue weighted by atomic mass is 9.94. The quantitative estimate of drug-likeness (QED) is 0.229. The van der Waals surface area contributed by atoms with Gasteiger partial charge in [0, 0.05) is 28.3 Å². The zero-order chi connectivity index (χ0) is 25.5. The highest BCUT2D eigenvalue weighted by molar-refractivity contribution is 6.30. The Kier molecular flexibility index (Phi) is 6.05. The van der Waals surface area contributed by atoms with Gasteiger partial charge in [0.25, 0.3) is 0 Å². The van der Waals surface area contributed by atoms with Crippen LogP contribution in [0.25, 0.3) is 16.8 Å². The van der Waals surface area contributed by atoms with Gasteiger partial charge in [0.15, 0.2) is 17.4 Å². The van der Waals surface area contributed by atoms with Gasteiger partial charge < -0.3 is 9.30 Å². The normalized spacial score (nSPS) is 13.1. The van der Waals surface area contributed by atoms with Crippen molar-refractivity contribution < 1.29 is 13.9 Å². The minimum Gasteiger partial charge on any atom is -0.483 e. The third-order valence-corrected chi connectivity index (χ3v) is 7.25. The minimum absolute atomic E-state index is 0.0869. The van der Waals surface area contributed by atoms with E-state index >= 15 is 0 Å². The van der Waals surface area contributed by atoms with E-state index in [9.17, 15) is 9.18 Å². The van der Waals surface area contributed by atoms with Gasteiger partial charge in [0.1, 0.15) is 17.9 Å². The van der Waals surface area contributed by atoms with Crippen LogP contribution in [-0.2, 0) is 19.6 Å². The van der Waals surface area contributed by atoms with Gasteiger partial charge in [-0.15, -0.1) is 5.10 Å². The summed E-state index contributed by atoms with van der Waals surface area (Å²) in [7, 11) is 0. The van der Waals surface area contributed by atoms with Crippen LogP contribution in [0.1, 0.15) is 45.8 Å². The number of hydrogen-bond donors (Lipinski definition) is 0. The number of aromatic nitrogens is 3. The molecule has 0 saturated carbocycles. The molecule has 0 unspecified atom stereocenters. The van der Waals surface area contributed by atoms with Crippen molar-refractivity contribution in [2.45, 2.75) is 39.3 Å². The lowest BCUT2D eigenvalue weighted by Crippen LogP contribution is -2.10. The third kappa shape index (κ3) is 4.11. The molecule has 5 aromatic rings. The highest BCUT2D eigenvalue weighted by atomic mass is 35.5. The summed E-state index contributed by atoms with van der Waals surface area (Å²) in [6.45, 7) is 2.78. The molecule has 0 fully saturated rings. The van der Waals surface area contributed by atoms with Crippen LogP contribution in [-0.4, -0.2) is 20.0 Å². The van der Waals surface area contributed by atoms with Crippen LogP contribution in [0.5, 0.6) is 5.75 Å². The summed E-state index contributed by atoms with van der Waals surface area (Å²) in [5.74, 6) is 0.326. The molecule has 37 heavy (non-hydrogen) atoms. The van der Waals surface area contributed by atoms with Crippen molar-refractivity contribution in [3.05, 3.63) is 112 Å². The number of carbonyl (C=O) groups excluding carboxylic acids is 1. The molecule has 3 aromatic carbocycles. The van der Waals surface area contributed by atoms with Gasteiger partial charge in [-0.3, -0.25) is 4.79 Å². The van der Waals surface area contributed by atoms with Gasteiger partial charge in [-0.25, -0.2) is 8.91 Å². The van der Waals surface area contributed by atoms with Crippen LogP contribution < -0.4 is 4.74 Å². The lowest BCUT2D eigenvalue weighted by molar-refractivity contribution is 0.103. The van der Waals surface area contributed by atoms with E-state index in [4.69, 9.17) is 21.4 Å². The first kappa shape index (κ1) is 23.5. The Balaban J connectivity index is 1.56. The molecule has 1 aliphatic rings. The molecular formula is C30H25ClFN3O2. The van der Waals surface area contributed by atoms with Crippen molar-refractivity contribution in [3.63, 3.8) is 0 Å². The molecule has 2 aromatic heterocycles. The number of halogens is 2. The van der Waals surface area contributed by atoms with Gasteiger partial charge in [0.2, 0.25) is 5.78 Å². The van der Waals surface area contributed by atoms with Gasteiger partial charge >= 0.3 is 0 Å². The summed E-state index contributed by atoms with van der Waals surface area (Å²) >= 11 is 6.20. The molecule has 0 bridgehead atoms. The van der Waals surface area contributed by atoms with Gasteiger partial charge in [-0.2, -0.15) is 0 Å². The molecule has 0 saturated heterocycles. The number of aryl methyl sites for hydroxylation is 3. The summed E-state index contributed by atoms with van der Waals surface area (Å²) in [5.41, 5.74) is 5.87. The predicted octanol–water partition coefficient (Wildman–Crippen LogP) is 7.05. The van der Waals surface area contributed by atoms with E-state index in [1.165, 1.54) is 6.07 Å². The first-order chi connectivity index (χ1) is 18.0. The molecule has 1 aliphatic heterocycles. The average Bonchev–Trinajstić information content (AvgIpc) is 3.30. The molecule has 3 heterocycles. The summed E-state index contributed by atoms with van der Waals surface area (Å²) in [6.07, 6.45) is 2.77. The first-order valence-corrected chi connectivity index (χ1v) is 12.8. The zero-order valence-corrected chi connectivity index (χ0v) is 21.1. The molecule has 0 spiro atoms. The van der Waals surface area contributed by atoms with Crippen molar-refractivity contribution in [1.82, 2.24) is 14.2 Å². The predicted molar refractivity (Wildman–Crippen MR) is 142 cm³/mol. The second-order valence-electron chi connectivity index (χ2n) is 9.33. The third-order valence-electron chi connectivity index (χ3n) is 6.99.